The minimum Gasteiger partial charge on any atom is -0.328 e. The topological polar surface area (TPSA) is 26.0 Å². The average molecular weight is 161 g/mol. The van der Waals surface area contributed by atoms with Gasteiger partial charge >= 0.3 is 0 Å². The van der Waals surface area contributed by atoms with Gasteiger partial charge in [0.25, 0.3) is 0 Å². The summed E-state index contributed by atoms with van der Waals surface area (Å²) in [5.74, 6) is 0.737. The predicted octanol–water partition coefficient (Wildman–Crippen LogP) is 2.20. The van der Waals surface area contributed by atoms with Gasteiger partial charge in [0.05, 0.1) is 0 Å². The third kappa shape index (κ3) is 1.37. The molecule has 64 valence electrons. The molecule has 0 radical (unpaired) electrons. The van der Waals surface area contributed by atoms with Crippen molar-refractivity contribution in [3.63, 3.8) is 0 Å². The van der Waals surface area contributed by atoms with Crippen molar-refractivity contribution in [2.45, 2.75) is 31.7 Å². The third-order valence-corrected chi connectivity index (χ3v) is 2.72. The van der Waals surface area contributed by atoms with E-state index in [0.717, 1.165) is 5.92 Å². The van der Waals surface area contributed by atoms with Gasteiger partial charge in [-0.3, -0.25) is 0 Å². The van der Waals surface area contributed by atoms with Crippen molar-refractivity contribution < 1.29 is 0 Å². The highest BCUT2D eigenvalue weighted by Crippen LogP contribution is 2.35. The second-order valence-electron chi connectivity index (χ2n) is 3.84. The third-order valence-electron chi connectivity index (χ3n) is 2.72. The number of benzene rings is 1. The van der Waals surface area contributed by atoms with Gasteiger partial charge in [-0.25, -0.2) is 0 Å². The van der Waals surface area contributed by atoms with Gasteiger partial charge in [0.1, 0.15) is 0 Å². The van der Waals surface area contributed by atoms with Gasteiger partial charge in [0.15, 0.2) is 0 Å². The van der Waals surface area contributed by atoms with Crippen LogP contribution >= 0.6 is 0 Å². The number of hydrogen-bond acceptors (Lipinski definition) is 1. The van der Waals surface area contributed by atoms with E-state index >= 15 is 0 Å². The van der Waals surface area contributed by atoms with Gasteiger partial charge in [-0.1, -0.05) is 29.8 Å². The molecule has 0 aliphatic heterocycles. The molecule has 2 rings (SSSR count). The summed E-state index contributed by atoms with van der Waals surface area (Å²) in [5.41, 5.74) is 8.53. The van der Waals surface area contributed by atoms with Crippen LogP contribution in [0.5, 0.6) is 0 Å². The smallest absolute Gasteiger partial charge is 0.00504 e. The summed E-state index contributed by atoms with van der Waals surface area (Å²) in [7, 11) is 0. The molecule has 1 heteroatoms. The van der Waals surface area contributed by atoms with Crippen LogP contribution in [0, 0.1) is 6.92 Å². The summed E-state index contributed by atoms with van der Waals surface area (Å²) in [5, 5.41) is 0. The van der Waals surface area contributed by atoms with Crippen molar-refractivity contribution >= 4 is 0 Å². The number of hydrogen-bond donors (Lipinski definition) is 1. The molecule has 1 saturated carbocycles. The minimum absolute atomic E-state index is 0.455. The van der Waals surface area contributed by atoms with Crippen molar-refractivity contribution in [1.82, 2.24) is 0 Å². The molecular formula is C11H15N. The maximum Gasteiger partial charge on any atom is 0.00504 e. The zero-order chi connectivity index (χ0) is 8.55. The number of aryl methyl sites for hydroxylation is 1. The Balaban J connectivity index is 2.09. The summed E-state index contributed by atoms with van der Waals surface area (Å²) in [4.78, 5) is 0. The molecule has 0 bridgehead atoms. The fraction of sp³-hybridized carbons (Fsp3) is 0.455. The SMILES string of the molecule is Cc1ccc(C2CC(N)C2)cc1. The van der Waals surface area contributed by atoms with Crippen LogP contribution in [0.25, 0.3) is 0 Å². The van der Waals surface area contributed by atoms with Crippen molar-refractivity contribution in [2.24, 2.45) is 5.73 Å². The summed E-state index contributed by atoms with van der Waals surface area (Å²) < 4.78 is 0. The summed E-state index contributed by atoms with van der Waals surface area (Å²) in [6, 6.07) is 9.27. The maximum atomic E-state index is 5.74. The second-order valence-corrected chi connectivity index (χ2v) is 3.84. The minimum atomic E-state index is 0.455. The van der Waals surface area contributed by atoms with Crippen LogP contribution in [-0.4, -0.2) is 6.04 Å². The van der Waals surface area contributed by atoms with Crippen LogP contribution in [0.4, 0.5) is 0 Å². The van der Waals surface area contributed by atoms with E-state index in [1.54, 1.807) is 0 Å². The van der Waals surface area contributed by atoms with Crippen LogP contribution in [0.1, 0.15) is 29.9 Å². The first-order valence-corrected chi connectivity index (χ1v) is 4.58. The van der Waals surface area contributed by atoms with Gasteiger partial charge in [-0.2, -0.15) is 0 Å². The maximum absolute atomic E-state index is 5.74. The quantitative estimate of drug-likeness (QED) is 0.671. The Hall–Kier alpha value is -0.820. The standard InChI is InChI=1S/C11H15N/c1-8-2-4-9(5-3-8)10-6-11(12)7-10/h2-5,10-11H,6-7,12H2,1H3. The van der Waals surface area contributed by atoms with Crippen molar-refractivity contribution in [1.29, 1.82) is 0 Å². The highest BCUT2D eigenvalue weighted by atomic mass is 14.7. The summed E-state index contributed by atoms with van der Waals surface area (Å²) >= 11 is 0. The number of nitrogens with two attached hydrogens (primary N) is 1. The Morgan fingerprint density at radius 2 is 1.75 bits per heavy atom. The van der Waals surface area contributed by atoms with E-state index < -0.39 is 0 Å². The summed E-state index contributed by atoms with van der Waals surface area (Å²) in [6.07, 6.45) is 2.34. The largest absolute Gasteiger partial charge is 0.328 e. The van der Waals surface area contributed by atoms with E-state index in [4.69, 9.17) is 5.73 Å². The molecule has 0 aromatic heterocycles. The highest BCUT2D eigenvalue weighted by Gasteiger charge is 2.26. The van der Waals surface area contributed by atoms with Crippen LogP contribution in [0.15, 0.2) is 24.3 Å². The lowest BCUT2D eigenvalue weighted by Crippen LogP contribution is -2.34. The molecule has 0 saturated heterocycles. The molecule has 0 atom stereocenters. The van der Waals surface area contributed by atoms with Crippen molar-refractivity contribution in [3.8, 4) is 0 Å². The normalized spacial score (nSPS) is 28.2. The van der Waals surface area contributed by atoms with Crippen LogP contribution < -0.4 is 5.73 Å². The average Bonchev–Trinajstić information content (AvgIpc) is 2.01. The lowest BCUT2D eigenvalue weighted by atomic mass is 9.76. The molecule has 0 heterocycles. The molecule has 2 N–H and O–H groups in total. The van der Waals surface area contributed by atoms with E-state index in [0.29, 0.717) is 6.04 Å². The molecule has 0 unspecified atom stereocenters. The highest BCUT2D eigenvalue weighted by molar-refractivity contribution is 5.26. The van der Waals surface area contributed by atoms with Crippen LogP contribution in [-0.2, 0) is 0 Å². The lowest BCUT2D eigenvalue weighted by molar-refractivity contribution is 0.351. The van der Waals surface area contributed by atoms with E-state index in [1.165, 1.54) is 24.0 Å². The van der Waals surface area contributed by atoms with Gasteiger partial charge in [0, 0.05) is 6.04 Å². The summed E-state index contributed by atoms with van der Waals surface area (Å²) in [6.45, 7) is 2.12. The number of rotatable bonds is 1. The van der Waals surface area contributed by atoms with Gasteiger partial charge in [-0.05, 0) is 31.2 Å². The van der Waals surface area contributed by atoms with E-state index in [9.17, 15) is 0 Å². The first kappa shape index (κ1) is 7.81. The Bertz CT molecular complexity index is 257. The van der Waals surface area contributed by atoms with Gasteiger partial charge < -0.3 is 5.73 Å². The molecular weight excluding hydrogens is 146 g/mol. The molecule has 1 nitrogen and oxygen atoms in total. The van der Waals surface area contributed by atoms with Crippen LogP contribution in [0.3, 0.4) is 0 Å². The van der Waals surface area contributed by atoms with Gasteiger partial charge in [-0.15, -0.1) is 0 Å². The van der Waals surface area contributed by atoms with E-state index in [-0.39, 0.29) is 0 Å². The predicted molar refractivity (Wildman–Crippen MR) is 51.1 cm³/mol. The molecule has 1 aliphatic carbocycles. The van der Waals surface area contributed by atoms with E-state index in [1.807, 2.05) is 0 Å². The Kier molecular flexibility index (Phi) is 1.89. The Morgan fingerprint density at radius 1 is 1.17 bits per heavy atom. The van der Waals surface area contributed by atoms with Crippen LogP contribution in [0.2, 0.25) is 0 Å². The Labute approximate surface area is 73.6 Å². The monoisotopic (exact) mass is 161 g/mol. The second kappa shape index (κ2) is 2.91. The van der Waals surface area contributed by atoms with Gasteiger partial charge in [0.2, 0.25) is 0 Å². The first-order valence-electron chi connectivity index (χ1n) is 4.58. The zero-order valence-electron chi connectivity index (χ0n) is 7.46. The van der Waals surface area contributed by atoms with Crippen molar-refractivity contribution in [3.05, 3.63) is 35.4 Å². The van der Waals surface area contributed by atoms with E-state index in [2.05, 4.69) is 31.2 Å². The first-order chi connectivity index (χ1) is 5.75. The molecule has 1 fully saturated rings. The lowest BCUT2D eigenvalue weighted by Gasteiger charge is -2.32. The van der Waals surface area contributed by atoms with Crippen molar-refractivity contribution in [2.75, 3.05) is 0 Å². The molecule has 1 aromatic carbocycles. The molecule has 12 heavy (non-hydrogen) atoms. The zero-order valence-corrected chi connectivity index (χ0v) is 7.46. The Morgan fingerprint density at radius 3 is 2.25 bits per heavy atom. The fourth-order valence-corrected chi connectivity index (χ4v) is 1.77. The fourth-order valence-electron chi connectivity index (χ4n) is 1.77. The molecule has 0 spiro atoms. The molecule has 0 amide bonds. The molecule has 1 aliphatic rings. The molecule has 1 aromatic rings.